The van der Waals surface area contributed by atoms with Crippen molar-refractivity contribution < 1.29 is 13.2 Å². The second kappa shape index (κ2) is 4.82. The molecule has 94 valence electrons. The van der Waals surface area contributed by atoms with Gasteiger partial charge in [0, 0.05) is 12.1 Å². The van der Waals surface area contributed by atoms with Gasteiger partial charge in [-0.1, -0.05) is 18.2 Å². The van der Waals surface area contributed by atoms with Crippen molar-refractivity contribution in [2.45, 2.75) is 13.5 Å². The van der Waals surface area contributed by atoms with Crippen LogP contribution in [0.1, 0.15) is 11.1 Å². The number of benzene rings is 2. The summed E-state index contributed by atoms with van der Waals surface area (Å²) in [6.07, 6.45) is 0. The zero-order valence-electron chi connectivity index (χ0n) is 9.81. The summed E-state index contributed by atoms with van der Waals surface area (Å²) in [5.74, 6) is -2.27. The minimum Gasteiger partial charge on any atom is -0.326 e. The summed E-state index contributed by atoms with van der Waals surface area (Å²) in [5.41, 5.74) is 6.67. The van der Waals surface area contributed by atoms with Crippen LogP contribution in [0.25, 0.3) is 11.1 Å². The van der Waals surface area contributed by atoms with Crippen molar-refractivity contribution in [3.63, 3.8) is 0 Å². The summed E-state index contributed by atoms with van der Waals surface area (Å²) in [7, 11) is 0. The van der Waals surface area contributed by atoms with Gasteiger partial charge >= 0.3 is 0 Å². The first-order valence-corrected chi connectivity index (χ1v) is 5.48. The van der Waals surface area contributed by atoms with Gasteiger partial charge in [-0.2, -0.15) is 0 Å². The highest BCUT2D eigenvalue weighted by Gasteiger charge is 2.15. The summed E-state index contributed by atoms with van der Waals surface area (Å²) < 4.78 is 40.4. The molecule has 0 spiro atoms. The lowest BCUT2D eigenvalue weighted by Crippen LogP contribution is -2.02. The van der Waals surface area contributed by atoms with Crippen molar-refractivity contribution in [2.75, 3.05) is 0 Å². The number of aryl methyl sites for hydroxylation is 1. The van der Waals surface area contributed by atoms with E-state index in [4.69, 9.17) is 5.73 Å². The Kier molecular flexibility index (Phi) is 3.39. The second-order valence-electron chi connectivity index (χ2n) is 4.06. The van der Waals surface area contributed by atoms with Crippen LogP contribution in [0.2, 0.25) is 0 Å². The van der Waals surface area contributed by atoms with Crippen LogP contribution in [-0.2, 0) is 6.54 Å². The number of hydrogen-bond donors (Lipinski definition) is 1. The van der Waals surface area contributed by atoms with Crippen LogP contribution in [0.15, 0.2) is 30.3 Å². The third-order valence-electron chi connectivity index (χ3n) is 2.85. The molecule has 0 saturated carbocycles. The van der Waals surface area contributed by atoms with Crippen LogP contribution in [0.5, 0.6) is 0 Å². The fourth-order valence-electron chi connectivity index (χ4n) is 1.85. The molecular weight excluding hydrogens is 239 g/mol. The first-order valence-electron chi connectivity index (χ1n) is 5.48. The Balaban J connectivity index is 2.66. The van der Waals surface area contributed by atoms with Gasteiger partial charge in [-0.05, 0) is 35.7 Å². The first kappa shape index (κ1) is 12.6. The Bertz CT molecular complexity index is 594. The van der Waals surface area contributed by atoms with Crippen LogP contribution < -0.4 is 5.73 Å². The maximum absolute atomic E-state index is 13.9. The molecule has 0 aromatic heterocycles. The summed E-state index contributed by atoms with van der Waals surface area (Å²) in [6, 6.07) is 6.79. The average molecular weight is 251 g/mol. The fraction of sp³-hybridized carbons (Fsp3) is 0.143. The predicted octanol–water partition coefficient (Wildman–Crippen LogP) is 3.54. The lowest BCUT2D eigenvalue weighted by molar-refractivity contribution is 0.505. The van der Waals surface area contributed by atoms with Gasteiger partial charge in [-0.3, -0.25) is 0 Å². The van der Waals surface area contributed by atoms with E-state index >= 15 is 0 Å². The monoisotopic (exact) mass is 251 g/mol. The van der Waals surface area contributed by atoms with E-state index in [0.29, 0.717) is 11.1 Å². The van der Waals surface area contributed by atoms with Crippen molar-refractivity contribution in [1.82, 2.24) is 0 Å². The molecule has 0 fully saturated rings. The van der Waals surface area contributed by atoms with Crippen LogP contribution in [0, 0.1) is 24.4 Å². The van der Waals surface area contributed by atoms with Gasteiger partial charge in [0.15, 0.2) is 11.6 Å². The highest BCUT2D eigenvalue weighted by molar-refractivity contribution is 5.68. The van der Waals surface area contributed by atoms with Gasteiger partial charge in [-0.15, -0.1) is 0 Å². The molecule has 2 aromatic carbocycles. The number of rotatable bonds is 2. The molecule has 0 saturated heterocycles. The van der Waals surface area contributed by atoms with Crippen LogP contribution in [0.3, 0.4) is 0 Å². The molecule has 2 aromatic rings. The molecule has 1 nitrogen and oxygen atoms in total. The van der Waals surface area contributed by atoms with Crippen molar-refractivity contribution in [3.8, 4) is 11.1 Å². The quantitative estimate of drug-likeness (QED) is 0.868. The Morgan fingerprint density at radius 1 is 0.944 bits per heavy atom. The Hall–Kier alpha value is -1.81. The second-order valence-corrected chi connectivity index (χ2v) is 4.06. The molecule has 2 rings (SSSR count). The zero-order valence-corrected chi connectivity index (χ0v) is 9.81. The van der Waals surface area contributed by atoms with E-state index in [0.717, 1.165) is 0 Å². The maximum atomic E-state index is 13.9. The lowest BCUT2D eigenvalue weighted by atomic mass is 9.98. The number of nitrogens with two attached hydrogens (primary N) is 1. The van der Waals surface area contributed by atoms with Gasteiger partial charge in [0.05, 0.1) is 0 Å². The Morgan fingerprint density at radius 2 is 1.61 bits per heavy atom. The summed E-state index contributed by atoms with van der Waals surface area (Å²) in [5, 5.41) is 0. The van der Waals surface area contributed by atoms with Crippen LogP contribution >= 0.6 is 0 Å². The fourth-order valence-corrected chi connectivity index (χ4v) is 1.85. The molecule has 0 unspecified atom stereocenters. The minimum absolute atomic E-state index is 0.0576. The molecule has 0 atom stereocenters. The van der Waals surface area contributed by atoms with Crippen LogP contribution in [0.4, 0.5) is 13.2 Å². The molecular formula is C14H12F3N. The molecule has 4 heteroatoms. The number of hydrogen-bond acceptors (Lipinski definition) is 1. The van der Waals surface area contributed by atoms with E-state index in [1.54, 1.807) is 0 Å². The van der Waals surface area contributed by atoms with E-state index in [2.05, 4.69) is 0 Å². The van der Waals surface area contributed by atoms with E-state index < -0.39 is 17.5 Å². The highest BCUT2D eigenvalue weighted by atomic mass is 19.2. The topological polar surface area (TPSA) is 26.0 Å². The standard InChI is InChI=1S/C14H12F3N/c1-8-2-4-12(14(17)13(8)16)11-5-3-10(15)6-9(11)7-18/h2-6H,7,18H2,1H3. The molecule has 18 heavy (non-hydrogen) atoms. The van der Waals surface area contributed by atoms with Crippen LogP contribution in [-0.4, -0.2) is 0 Å². The Morgan fingerprint density at radius 3 is 2.28 bits per heavy atom. The van der Waals surface area contributed by atoms with Crippen molar-refractivity contribution >= 4 is 0 Å². The molecule has 0 heterocycles. The maximum Gasteiger partial charge on any atom is 0.166 e. The normalized spacial score (nSPS) is 10.7. The molecule has 0 aliphatic carbocycles. The third-order valence-corrected chi connectivity index (χ3v) is 2.85. The number of halogens is 3. The van der Waals surface area contributed by atoms with Gasteiger partial charge in [-0.25, -0.2) is 13.2 Å². The van der Waals surface area contributed by atoms with E-state index in [1.165, 1.54) is 37.3 Å². The van der Waals surface area contributed by atoms with Crippen molar-refractivity contribution in [2.24, 2.45) is 5.73 Å². The molecule has 0 radical (unpaired) electrons. The summed E-state index contributed by atoms with van der Waals surface area (Å²) >= 11 is 0. The molecule has 2 N–H and O–H groups in total. The third kappa shape index (κ3) is 2.11. The summed E-state index contributed by atoms with van der Waals surface area (Å²) in [6.45, 7) is 1.54. The van der Waals surface area contributed by atoms with E-state index in [1.807, 2.05) is 0 Å². The highest BCUT2D eigenvalue weighted by Crippen LogP contribution is 2.29. The van der Waals surface area contributed by atoms with E-state index in [9.17, 15) is 13.2 Å². The molecule has 0 amide bonds. The van der Waals surface area contributed by atoms with Gasteiger partial charge in [0.25, 0.3) is 0 Å². The van der Waals surface area contributed by atoms with Crippen molar-refractivity contribution in [3.05, 3.63) is 58.9 Å². The van der Waals surface area contributed by atoms with Gasteiger partial charge < -0.3 is 5.73 Å². The van der Waals surface area contributed by atoms with Crippen molar-refractivity contribution in [1.29, 1.82) is 0 Å². The zero-order chi connectivity index (χ0) is 13.3. The smallest absolute Gasteiger partial charge is 0.166 e. The largest absolute Gasteiger partial charge is 0.326 e. The SMILES string of the molecule is Cc1ccc(-c2ccc(F)cc2CN)c(F)c1F. The minimum atomic E-state index is -0.934. The lowest BCUT2D eigenvalue weighted by Gasteiger charge is -2.10. The van der Waals surface area contributed by atoms with Gasteiger partial charge in [0.1, 0.15) is 5.82 Å². The Labute approximate surface area is 103 Å². The van der Waals surface area contributed by atoms with Gasteiger partial charge in [0.2, 0.25) is 0 Å². The molecule has 0 bridgehead atoms. The first-order chi connectivity index (χ1) is 8.54. The van der Waals surface area contributed by atoms with E-state index in [-0.39, 0.29) is 17.7 Å². The molecule has 0 aliphatic heterocycles. The summed E-state index contributed by atoms with van der Waals surface area (Å²) in [4.78, 5) is 0. The molecule has 0 aliphatic rings. The predicted molar refractivity (Wildman–Crippen MR) is 64.4 cm³/mol. The average Bonchev–Trinajstić information content (AvgIpc) is 2.37.